The van der Waals surface area contributed by atoms with Crippen molar-refractivity contribution in [3.63, 3.8) is 0 Å². The molecule has 0 atom stereocenters. The molecule has 0 N–H and O–H groups in total. The van der Waals surface area contributed by atoms with Gasteiger partial charge in [-0.25, -0.2) is 0 Å². The number of hydrogen-bond acceptors (Lipinski definition) is 0. The smallest absolute Gasteiger partial charge is 0.00963 e. The Morgan fingerprint density at radius 3 is 2.17 bits per heavy atom. The lowest BCUT2D eigenvalue weighted by Gasteiger charge is -2.13. The van der Waals surface area contributed by atoms with E-state index in [0.29, 0.717) is 0 Å². The summed E-state index contributed by atoms with van der Waals surface area (Å²) >= 11 is 0. The van der Waals surface area contributed by atoms with Crippen LogP contribution in [0.3, 0.4) is 0 Å². The predicted octanol–water partition coefficient (Wildman–Crippen LogP) is 6.88. The van der Waals surface area contributed by atoms with Gasteiger partial charge in [-0.1, -0.05) is 80.4 Å². The van der Waals surface area contributed by atoms with Crippen LogP contribution < -0.4 is 0 Å². The topological polar surface area (TPSA) is 0 Å². The molecule has 0 aliphatic rings. The highest BCUT2D eigenvalue weighted by atomic mass is 14.1. The molecule has 0 saturated heterocycles. The highest BCUT2D eigenvalue weighted by Crippen LogP contribution is 2.34. The van der Waals surface area contributed by atoms with Crippen molar-refractivity contribution in [2.24, 2.45) is 0 Å². The number of benzene rings is 4. The number of hydrogen-bond donors (Lipinski definition) is 0. The van der Waals surface area contributed by atoms with Crippen LogP contribution >= 0.6 is 0 Å². The molecule has 0 nitrogen and oxygen atoms in total. The summed E-state index contributed by atoms with van der Waals surface area (Å²) in [4.78, 5) is 0. The van der Waals surface area contributed by atoms with Crippen LogP contribution in [0.25, 0.3) is 32.3 Å². The van der Waals surface area contributed by atoms with Gasteiger partial charge in [-0.15, -0.1) is 0 Å². The SMILES string of the molecule is CCCCCc1c2ccccc2cc2c1ccc1ccccc12. The zero-order valence-corrected chi connectivity index (χ0v) is 13.7. The van der Waals surface area contributed by atoms with E-state index >= 15 is 0 Å². The van der Waals surface area contributed by atoms with Crippen molar-refractivity contribution in [2.45, 2.75) is 32.6 Å². The summed E-state index contributed by atoms with van der Waals surface area (Å²) in [5.41, 5.74) is 1.53. The lowest BCUT2D eigenvalue weighted by Crippen LogP contribution is -1.91. The van der Waals surface area contributed by atoms with E-state index in [-0.39, 0.29) is 0 Å². The summed E-state index contributed by atoms with van der Waals surface area (Å²) in [5, 5.41) is 8.31. The number of rotatable bonds is 4. The molecule has 0 amide bonds. The Balaban J connectivity index is 2.06. The van der Waals surface area contributed by atoms with E-state index in [9.17, 15) is 0 Å². The number of unbranched alkanes of at least 4 members (excludes halogenated alkanes) is 2. The first kappa shape index (κ1) is 14.3. The van der Waals surface area contributed by atoms with E-state index in [1.165, 1.54) is 63.6 Å². The van der Waals surface area contributed by atoms with Crippen LogP contribution in [0.1, 0.15) is 31.7 Å². The van der Waals surface area contributed by atoms with E-state index in [1.54, 1.807) is 0 Å². The average molecular weight is 298 g/mol. The van der Waals surface area contributed by atoms with E-state index < -0.39 is 0 Å². The Labute approximate surface area is 137 Å². The van der Waals surface area contributed by atoms with E-state index in [2.05, 4.69) is 73.7 Å². The second-order valence-electron chi connectivity index (χ2n) is 6.42. The van der Waals surface area contributed by atoms with Crippen molar-refractivity contribution < 1.29 is 0 Å². The van der Waals surface area contributed by atoms with Crippen LogP contribution in [-0.2, 0) is 6.42 Å². The summed E-state index contributed by atoms with van der Waals surface area (Å²) in [6.07, 6.45) is 5.01. The van der Waals surface area contributed by atoms with Crippen molar-refractivity contribution in [3.05, 3.63) is 72.3 Å². The maximum atomic E-state index is 2.37. The minimum atomic E-state index is 1.17. The Morgan fingerprint density at radius 1 is 0.609 bits per heavy atom. The fourth-order valence-corrected chi connectivity index (χ4v) is 3.73. The molecule has 0 aliphatic heterocycles. The second-order valence-corrected chi connectivity index (χ2v) is 6.42. The fourth-order valence-electron chi connectivity index (χ4n) is 3.73. The number of fused-ring (bicyclic) bond motifs is 4. The molecule has 0 bridgehead atoms. The first-order valence-electron chi connectivity index (χ1n) is 8.70. The normalized spacial score (nSPS) is 11.5. The molecule has 0 heterocycles. The molecule has 0 aromatic heterocycles. The van der Waals surface area contributed by atoms with Gasteiger partial charge in [0.2, 0.25) is 0 Å². The molecule has 0 fully saturated rings. The Kier molecular flexibility index (Phi) is 3.75. The van der Waals surface area contributed by atoms with Gasteiger partial charge in [0.1, 0.15) is 0 Å². The van der Waals surface area contributed by atoms with Crippen LogP contribution in [0.5, 0.6) is 0 Å². The van der Waals surface area contributed by atoms with Crippen LogP contribution in [0.4, 0.5) is 0 Å². The third-order valence-electron chi connectivity index (χ3n) is 4.91. The van der Waals surface area contributed by atoms with Crippen LogP contribution in [-0.4, -0.2) is 0 Å². The molecule has 0 spiro atoms. The average Bonchev–Trinajstić information content (AvgIpc) is 2.61. The third kappa shape index (κ3) is 2.49. The van der Waals surface area contributed by atoms with E-state index in [0.717, 1.165) is 0 Å². The summed E-state index contributed by atoms with van der Waals surface area (Å²) in [7, 11) is 0. The van der Waals surface area contributed by atoms with Gasteiger partial charge in [0, 0.05) is 0 Å². The molecular weight excluding hydrogens is 276 g/mol. The van der Waals surface area contributed by atoms with Gasteiger partial charge in [0.25, 0.3) is 0 Å². The zero-order valence-electron chi connectivity index (χ0n) is 13.7. The van der Waals surface area contributed by atoms with Gasteiger partial charge in [0.05, 0.1) is 0 Å². The second kappa shape index (κ2) is 6.04. The summed E-state index contributed by atoms with van der Waals surface area (Å²) in [5.74, 6) is 0. The van der Waals surface area contributed by atoms with Crippen molar-refractivity contribution in [3.8, 4) is 0 Å². The molecule has 0 heteroatoms. The zero-order chi connectivity index (χ0) is 15.6. The van der Waals surface area contributed by atoms with Crippen molar-refractivity contribution in [1.29, 1.82) is 0 Å². The van der Waals surface area contributed by atoms with Crippen LogP contribution in [0, 0.1) is 0 Å². The summed E-state index contributed by atoms with van der Waals surface area (Å²) in [6, 6.07) is 24.5. The molecule has 0 radical (unpaired) electrons. The highest BCUT2D eigenvalue weighted by Gasteiger charge is 2.09. The molecule has 4 aromatic rings. The van der Waals surface area contributed by atoms with Crippen LogP contribution in [0.15, 0.2) is 66.7 Å². The maximum Gasteiger partial charge on any atom is -0.00963 e. The van der Waals surface area contributed by atoms with Crippen molar-refractivity contribution in [1.82, 2.24) is 0 Å². The lowest BCUT2D eigenvalue weighted by molar-refractivity contribution is 0.722. The maximum absolute atomic E-state index is 2.37. The predicted molar refractivity (Wildman–Crippen MR) is 102 cm³/mol. The van der Waals surface area contributed by atoms with Crippen LogP contribution in [0.2, 0.25) is 0 Å². The Bertz CT molecular complexity index is 979. The van der Waals surface area contributed by atoms with Crippen molar-refractivity contribution >= 4 is 32.3 Å². The highest BCUT2D eigenvalue weighted by molar-refractivity contribution is 6.14. The molecule has 0 unspecified atom stereocenters. The fraction of sp³-hybridized carbons (Fsp3) is 0.217. The lowest BCUT2D eigenvalue weighted by atomic mass is 9.91. The molecule has 0 saturated carbocycles. The minimum absolute atomic E-state index is 1.17. The summed E-state index contributed by atoms with van der Waals surface area (Å²) in [6.45, 7) is 2.27. The van der Waals surface area contributed by atoms with E-state index in [4.69, 9.17) is 0 Å². The molecule has 114 valence electrons. The largest absolute Gasteiger partial charge is 0.0654 e. The summed E-state index contributed by atoms with van der Waals surface area (Å²) < 4.78 is 0. The quantitative estimate of drug-likeness (QED) is 0.219. The molecule has 4 aromatic carbocycles. The van der Waals surface area contributed by atoms with Gasteiger partial charge >= 0.3 is 0 Å². The monoisotopic (exact) mass is 298 g/mol. The standard InChI is InChI=1S/C23H22/c1-2-3-4-13-21-20-12-8-6-10-18(20)16-23-19-11-7-5-9-17(19)14-15-22(21)23/h5-12,14-16H,2-4,13H2,1H3. The first-order chi connectivity index (χ1) is 11.4. The minimum Gasteiger partial charge on any atom is -0.0654 e. The Hall–Kier alpha value is -2.34. The van der Waals surface area contributed by atoms with Gasteiger partial charge in [-0.05, 0) is 56.8 Å². The first-order valence-corrected chi connectivity index (χ1v) is 8.70. The van der Waals surface area contributed by atoms with E-state index in [1.807, 2.05) is 0 Å². The molecule has 0 aliphatic carbocycles. The van der Waals surface area contributed by atoms with Gasteiger partial charge in [-0.2, -0.15) is 0 Å². The Morgan fingerprint density at radius 2 is 1.35 bits per heavy atom. The molecule has 23 heavy (non-hydrogen) atoms. The number of aryl methyl sites for hydroxylation is 1. The molecular formula is C23H22. The van der Waals surface area contributed by atoms with Gasteiger partial charge in [0.15, 0.2) is 0 Å². The van der Waals surface area contributed by atoms with Crippen molar-refractivity contribution in [2.75, 3.05) is 0 Å². The third-order valence-corrected chi connectivity index (χ3v) is 4.91. The van der Waals surface area contributed by atoms with Gasteiger partial charge < -0.3 is 0 Å². The van der Waals surface area contributed by atoms with Gasteiger partial charge in [-0.3, -0.25) is 0 Å². The molecule has 4 rings (SSSR count).